The maximum atomic E-state index is 13.5. The van der Waals surface area contributed by atoms with Crippen molar-refractivity contribution in [3.05, 3.63) is 100 Å². The van der Waals surface area contributed by atoms with Crippen molar-refractivity contribution in [3.63, 3.8) is 0 Å². The molecule has 0 spiro atoms. The number of hydrogen-bond donors (Lipinski definition) is 0. The maximum absolute atomic E-state index is 13.5. The first-order valence-electron chi connectivity index (χ1n) is 12.7. The number of hydrogen-bond acceptors (Lipinski definition) is 7. The lowest BCUT2D eigenvalue weighted by Gasteiger charge is -2.21. The van der Waals surface area contributed by atoms with Gasteiger partial charge in [0.05, 0.1) is 34.0 Å². The smallest absolute Gasteiger partial charge is 0.359 e. The summed E-state index contributed by atoms with van der Waals surface area (Å²) in [5.74, 6) is -0.825. The number of carbonyl (C=O) groups is 2. The molecule has 0 radical (unpaired) electrons. The molecule has 4 rings (SSSR count). The fourth-order valence-corrected chi connectivity index (χ4v) is 4.18. The maximum Gasteiger partial charge on any atom is 0.359 e. The summed E-state index contributed by atoms with van der Waals surface area (Å²) in [4.78, 5) is 35.5. The Morgan fingerprint density at radius 3 is 2.29 bits per heavy atom. The Bertz CT molecular complexity index is 1450. The third-order valence-electron chi connectivity index (χ3n) is 6.27. The van der Waals surface area contributed by atoms with Crippen molar-refractivity contribution in [1.82, 2.24) is 19.7 Å². The molecule has 196 valence electrons. The van der Waals surface area contributed by atoms with E-state index in [1.54, 1.807) is 42.8 Å². The summed E-state index contributed by atoms with van der Waals surface area (Å²) in [6.45, 7) is 9.29. The van der Waals surface area contributed by atoms with Crippen molar-refractivity contribution in [2.45, 2.75) is 60.0 Å². The number of para-hydroxylation sites is 1. The highest BCUT2D eigenvalue weighted by Gasteiger charge is 2.26. The van der Waals surface area contributed by atoms with Crippen LogP contribution in [0.5, 0.6) is 5.88 Å². The van der Waals surface area contributed by atoms with Gasteiger partial charge in [0, 0.05) is 11.6 Å². The Balaban J connectivity index is 1.64. The zero-order valence-corrected chi connectivity index (χ0v) is 22.4. The van der Waals surface area contributed by atoms with Crippen LogP contribution in [0.4, 0.5) is 0 Å². The van der Waals surface area contributed by atoms with Crippen molar-refractivity contribution in [3.8, 4) is 11.6 Å². The molecule has 1 unspecified atom stereocenters. The summed E-state index contributed by atoms with van der Waals surface area (Å²) < 4.78 is 13.4. The Labute approximate surface area is 222 Å². The number of benzene rings is 2. The predicted octanol–water partition coefficient (Wildman–Crippen LogP) is 6.20. The molecule has 0 aliphatic heterocycles. The number of ether oxygens (including phenoxy) is 2. The quantitative estimate of drug-likeness (QED) is 0.246. The minimum absolute atomic E-state index is 0.178. The molecule has 0 aliphatic carbocycles. The van der Waals surface area contributed by atoms with Crippen LogP contribution in [0.3, 0.4) is 0 Å². The molecule has 0 saturated carbocycles. The molecule has 2 aromatic carbocycles. The van der Waals surface area contributed by atoms with E-state index in [0.717, 1.165) is 24.2 Å². The lowest BCUT2D eigenvalue weighted by Crippen LogP contribution is -2.20. The van der Waals surface area contributed by atoms with E-state index in [1.807, 2.05) is 50.2 Å². The molecule has 4 aromatic rings. The van der Waals surface area contributed by atoms with Crippen LogP contribution in [0.15, 0.2) is 60.7 Å². The minimum atomic E-state index is -0.658. The van der Waals surface area contributed by atoms with Crippen molar-refractivity contribution in [1.29, 1.82) is 0 Å². The number of aryl methyl sites for hydroxylation is 4. The highest BCUT2D eigenvalue weighted by molar-refractivity contribution is 5.93. The molecule has 2 aromatic heterocycles. The second-order valence-corrected chi connectivity index (χ2v) is 9.21. The van der Waals surface area contributed by atoms with Gasteiger partial charge in [0.1, 0.15) is 6.10 Å². The van der Waals surface area contributed by atoms with Crippen LogP contribution in [-0.4, -0.2) is 31.7 Å². The fraction of sp³-hybridized carbons (Fsp3) is 0.300. The van der Waals surface area contributed by atoms with E-state index < -0.39 is 18.0 Å². The van der Waals surface area contributed by atoms with Crippen LogP contribution in [0.2, 0.25) is 0 Å². The van der Waals surface area contributed by atoms with Gasteiger partial charge in [-0.3, -0.25) is 4.98 Å². The first-order chi connectivity index (χ1) is 18.3. The molecule has 0 fully saturated rings. The van der Waals surface area contributed by atoms with Crippen LogP contribution < -0.4 is 4.74 Å². The summed E-state index contributed by atoms with van der Waals surface area (Å²) in [7, 11) is 0. The molecule has 0 bridgehead atoms. The average Bonchev–Trinajstić information content (AvgIpc) is 3.28. The Hall–Kier alpha value is -4.33. The topological polar surface area (TPSA) is 96.2 Å². The Morgan fingerprint density at radius 1 is 0.868 bits per heavy atom. The van der Waals surface area contributed by atoms with Gasteiger partial charge in [0.25, 0.3) is 0 Å². The highest BCUT2D eigenvalue weighted by atomic mass is 16.6. The average molecular weight is 513 g/mol. The second-order valence-electron chi connectivity index (χ2n) is 9.21. The summed E-state index contributed by atoms with van der Waals surface area (Å²) in [6.07, 6.45) is 1.59. The lowest BCUT2D eigenvalue weighted by atomic mass is 9.98. The Kier molecular flexibility index (Phi) is 8.31. The standard InChI is InChI=1S/C30H32N4O4/c1-6-7-17-26(37-30(36)28-22(5)31-20(3)21(4)32-28)24-15-11-12-16-25(24)29(35)38-27-18-19(2)33-34(27)23-13-9-8-10-14-23/h8-16,18,26H,6-7,17H2,1-5H3. The Morgan fingerprint density at radius 2 is 1.55 bits per heavy atom. The van der Waals surface area contributed by atoms with E-state index in [2.05, 4.69) is 22.0 Å². The van der Waals surface area contributed by atoms with Crippen LogP contribution in [0.1, 0.15) is 81.5 Å². The van der Waals surface area contributed by atoms with Crippen molar-refractivity contribution in [2.75, 3.05) is 0 Å². The van der Waals surface area contributed by atoms with Gasteiger partial charge in [0.2, 0.25) is 5.88 Å². The molecule has 8 heteroatoms. The number of nitrogens with zero attached hydrogens (tertiary/aromatic N) is 4. The molecule has 1 atom stereocenters. The van der Waals surface area contributed by atoms with Gasteiger partial charge in [0.15, 0.2) is 5.69 Å². The molecular weight excluding hydrogens is 480 g/mol. The normalized spacial score (nSPS) is 11.7. The molecule has 0 saturated heterocycles. The lowest BCUT2D eigenvalue weighted by molar-refractivity contribution is 0.0256. The first-order valence-corrected chi connectivity index (χ1v) is 12.7. The zero-order chi connectivity index (χ0) is 27.2. The third kappa shape index (κ3) is 5.96. The van der Waals surface area contributed by atoms with Crippen LogP contribution in [-0.2, 0) is 4.74 Å². The predicted molar refractivity (Wildman–Crippen MR) is 144 cm³/mol. The summed E-state index contributed by atoms with van der Waals surface area (Å²) in [5.41, 5.74) is 4.50. The second kappa shape index (κ2) is 11.8. The number of esters is 2. The van der Waals surface area contributed by atoms with Gasteiger partial charge in [-0.05, 0) is 58.7 Å². The van der Waals surface area contributed by atoms with Crippen LogP contribution in [0, 0.1) is 27.7 Å². The van der Waals surface area contributed by atoms with E-state index in [1.165, 1.54) is 0 Å². The van der Waals surface area contributed by atoms with Gasteiger partial charge < -0.3 is 9.47 Å². The van der Waals surface area contributed by atoms with E-state index in [0.29, 0.717) is 40.5 Å². The molecule has 2 heterocycles. The zero-order valence-electron chi connectivity index (χ0n) is 22.4. The van der Waals surface area contributed by atoms with Crippen molar-refractivity contribution < 1.29 is 19.1 Å². The van der Waals surface area contributed by atoms with Crippen LogP contribution >= 0.6 is 0 Å². The number of aromatic nitrogens is 4. The minimum Gasteiger partial charge on any atom is -0.453 e. The molecular formula is C30H32N4O4. The molecule has 0 aliphatic rings. The number of carbonyl (C=O) groups excluding carboxylic acids is 2. The van der Waals surface area contributed by atoms with E-state index >= 15 is 0 Å². The molecule has 0 amide bonds. The highest BCUT2D eigenvalue weighted by Crippen LogP contribution is 2.29. The summed E-state index contributed by atoms with van der Waals surface area (Å²) in [6, 6.07) is 18.2. The number of rotatable bonds is 9. The monoisotopic (exact) mass is 512 g/mol. The van der Waals surface area contributed by atoms with Crippen molar-refractivity contribution in [2.24, 2.45) is 0 Å². The van der Waals surface area contributed by atoms with Crippen molar-refractivity contribution >= 4 is 11.9 Å². The summed E-state index contributed by atoms with van der Waals surface area (Å²) >= 11 is 0. The fourth-order valence-electron chi connectivity index (χ4n) is 4.18. The van der Waals surface area contributed by atoms with Gasteiger partial charge in [-0.15, -0.1) is 0 Å². The van der Waals surface area contributed by atoms with Gasteiger partial charge >= 0.3 is 11.9 Å². The third-order valence-corrected chi connectivity index (χ3v) is 6.27. The van der Waals surface area contributed by atoms with Gasteiger partial charge in [-0.1, -0.05) is 49.7 Å². The molecule has 8 nitrogen and oxygen atoms in total. The van der Waals surface area contributed by atoms with E-state index in [9.17, 15) is 9.59 Å². The molecule has 38 heavy (non-hydrogen) atoms. The first kappa shape index (κ1) is 26.7. The van der Waals surface area contributed by atoms with Gasteiger partial charge in [-0.2, -0.15) is 5.10 Å². The molecule has 0 N–H and O–H groups in total. The summed E-state index contributed by atoms with van der Waals surface area (Å²) in [5, 5.41) is 4.48. The van der Waals surface area contributed by atoms with E-state index in [-0.39, 0.29) is 5.69 Å². The van der Waals surface area contributed by atoms with Crippen LogP contribution in [0.25, 0.3) is 5.69 Å². The SMILES string of the molecule is CCCCC(OC(=O)c1nc(C)c(C)nc1C)c1ccccc1C(=O)Oc1cc(C)nn1-c1ccccc1. The van der Waals surface area contributed by atoms with Gasteiger partial charge in [-0.25, -0.2) is 19.3 Å². The van der Waals surface area contributed by atoms with E-state index in [4.69, 9.17) is 9.47 Å². The number of unbranched alkanes of at least 4 members (excludes halogenated alkanes) is 1. The largest absolute Gasteiger partial charge is 0.453 e.